The van der Waals surface area contributed by atoms with E-state index >= 15 is 0 Å². The summed E-state index contributed by atoms with van der Waals surface area (Å²) >= 11 is 0. The minimum absolute atomic E-state index is 0.0593. The molecule has 3 heterocycles. The number of urea groups is 1. The predicted octanol–water partition coefficient (Wildman–Crippen LogP) is 3.08. The number of nitrogens with zero attached hydrogens (tertiary/aromatic N) is 3. The first-order valence-corrected chi connectivity index (χ1v) is 13.2. The highest BCUT2D eigenvalue weighted by atomic mass is 16.7. The van der Waals surface area contributed by atoms with Gasteiger partial charge in [-0.15, -0.1) is 0 Å². The van der Waals surface area contributed by atoms with Crippen LogP contribution in [0.2, 0.25) is 0 Å². The van der Waals surface area contributed by atoms with Gasteiger partial charge in [-0.1, -0.05) is 36.4 Å². The van der Waals surface area contributed by atoms with Crippen LogP contribution in [0.5, 0.6) is 11.5 Å². The van der Waals surface area contributed by atoms with Crippen LogP contribution in [0, 0.1) is 0 Å². The third-order valence-corrected chi connectivity index (χ3v) is 6.78. The third kappa shape index (κ3) is 7.52. The molecule has 2 aliphatic heterocycles. The van der Waals surface area contributed by atoms with Crippen molar-refractivity contribution in [2.24, 2.45) is 0 Å². The largest absolute Gasteiger partial charge is 0.467 e. The molecule has 0 unspecified atom stereocenters. The summed E-state index contributed by atoms with van der Waals surface area (Å²) in [4.78, 5) is 32.6. The Morgan fingerprint density at radius 2 is 1.69 bits per heavy atom. The first kappa shape index (κ1) is 26.6. The monoisotopic (exact) mass is 534 g/mol. The van der Waals surface area contributed by atoms with E-state index in [0.717, 1.165) is 24.2 Å². The number of morpholine rings is 1. The van der Waals surface area contributed by atoms with Crippen LogP contribution < -0.4 is 14.8 Å². The van der Waals surface area contributed by atoms with Crippen molar-refractivity contribution in [2.75, 3.05) is 52.7 Å². The number of benzene rings is 2. The zero-order chi connectivity index (χ0) is 26.9. The predicted molar refractivity (Wildman–Crippen MR) is 143 cm³/mol. The molecule has 0 atom stereocenters. The lowest BCUT2D eigenvalue weighted by Crippen LogP contribution is -2.49. The van der Waals surface area contributed by atoms with Crippen molar-refractivity contribution >= 4 is 11.9 Å². The van der Waals surface area contributed by atoms with E-state index in [1.165, 1.54) is 0 Å². The van der Waals surface area contributed by atoms with Crippen LogP contribution in [0.15, 0.2) is 71.3 Å². The van der Waals surface area contributed by atoms with Crippen molar-refractivity contribution in [3.8, 4) is 11.5 Å². The molecule has 5 rings (SSSR count). The van der Waals surface area contributed by atoms with E-state index < -0.39 is 0 Å². The standard InChI is InChI=1S/C29H34N4O6/c34-28(33(20-25-7-4-14-37-25)19-24-8-9-26-27(17-24)39-22-38-26)21-32(11-10-31-12-15-36-16-13-31)29(35)30-18-23-5-2-1-3-6-23/h1-9,14,17H,10-13,15-16,18-22H2,(H,30,35). The molecule has 1 fully saturated rings. The number of furan rings is 1. The molecule has 0 bridgehead atoms. The van der Waals surface area contributed by atoms with Crippen molar-refractivity contribution in [3.05, 3.63) is 83.8 Å². The number of ether oxygens (including phenoxy) is 3. The number of rotatable bonds is 11. The molecule has 1 aromatic heterocycles. The summed E-state index contributed by atoms with van der Waals surface area (Å²) in [5, 5.41) is 2.98. The van der Waals surface area contributed by atoms with Crippen molar-refractivity contribution < 1.29 is 28.2 Å². The number of nitrogens with one attached hydrogen (secondary N) is 1. The summed E-state index contributed by atoms with van der Waals surface area (Å²) < 4.78 is 21.9. The molecule has 1 N–H and O–H groups in total. The zero-order valence-electron chi connectivity index (χ0n) is 21.9. The SMILES string of the molecule is O=C(CN(CCN1CCOCC1)C(=O)NCc1ccccc1)N(Cc1ccc2c(c1)OCO2)Cc1ccco1. The van der Waals surface area contributed by atoms with Crippen molar-refractivity contribution in [1.29, 1.82) is 0 Å². The Kier molecular flexibility index (Phi) is 8.97. The second-order valence-electron chi connectivity index (χ2n) is 9.54. The molecule has 206 valence electrons. The Morgan fingerprint density at radius 3 is 2.49 bits per heavy atom. The normalized spacial score (nSPS) is 14.7. The van der Waals surface area contributed by atoms with Crippen LogP contribution in [0.3, 0.4) is 0 Å². The Morgan fingerprint density at radius 1 is 0.872 bits per heavy atom. The van der Waals surface area contributed by atoms with E-state index in [1.54, 1.807) is 22.1 Å². The molecule has 10 heteroatoms. The maximum atomic E-state index is 13.7. The average molecular weight is 535 g/mol. The smallest absolute Gasteiger partial charge is 0.318 e. The molecular weight excluding hydrogens is 500 g/mol. The van der Waals surface area contributed by atoms with Crippen molar-refractivity contribution in [3.63, 3.8) is 0 Å². The molecule has 10 nitrogen and oxygen atoms in total. The summed E-state index contributed by atoms with van der Waals surface area (Å²) in [7, 11) is 0. The number of fused-ring (bicyclic) bond motifs is 1. The molecule has 39 heavy (non-hydrogen) atoms. The quantitative estimate of drug-likeness (QED) is 0.404. The topological polar surface area (TPSA) is 96.7 Å². The van der Waals surface area contributed by atoms with Crippen molar-refractivity contribution in [2.45, 2.75) is 19.6 Å². The van der Waals surface area contributed by atoms with E-state index in [1.807, 2.05) is 54.6 Å². The van der Waals surface area contributed by atoms with Crippen LogP contribution in [-0.4, -0.2) is 79.4 Å². The first-order chi connectivity index (χ1) is 19.1. The second kappa shape index (κ2) is 13.2. The van der Waals surface area contributed by atoms with Gasteiger partial charge in [0.15, 0.2) is 11.5 Å². The average Bonchev–Trinajstić information content (AvgIpc) is 3.66. The van der Waals surface area contributed by atoms with Gasteiger partial charge in [0, 0.05) is 39.3 Å². The Labute approximate surface area is 228 Å². The van der Waals surface area contributed by atoms with Crippen LogP contribution in [0.4, 0.5) is 4.79 Å². The minimum atomic E-state index is -0.276. The number of carbonyl (C=O) groups excluding carboxylic acids is 2. The molecule has 2 aromatic carbocycles. The molecule has 2 aliphatic rings. The maximum Gasteiger partial charge on any atom is 0.318 e. The zero-order valence-corrected chi connectivity index (χ0v) is 21.9. The maximum absolute atomic E-state index is 13.7. The highest BCUT2D eigenvalue weighted by Gasteiger charge is 2.24. The lowest BCUT2D eigenvalue weighted by molar-refractivity contribution is -0.133. The van der Waals surface area contributed by atoms with E-state index in [2.05, 4.69) is 10.2 Å². The second-order valence-corrected chi connectivity index (χ2v) is 9.54. The van der Waals surface area contributed by atoms with E-state index in [-0.39, 0.29) is 31.8 Å². The Balaban J connectivity index is 1.28. The summed E-state index contributed by atoms with van der Waals surface area (Å²) in [6.07, 6.45) is 1.59. The summed E-state index contributed by atoms with van der Waals surface area (Å²) in [6.45, 7) is 5.17. The van der Waals surface area contributed by atoms with Crippen LogP contribution in [0.25, 0.3) is 0 Å². The summed E-state index contributed by atoms with van der Waals surface area (Å²) in [6, 6.07) is 18.7. The molecule has 0 saturated carbocycles. The van der Waals surface area contributed by atoms with Gasteiger partial charge in [0.1, 0.15) is 12.3 Å². The van der Waals surface area contributed by atoms with Gasteiger partial charge in [-0.05, 0) is 35.4 Å². The van der Waals surface area contributed by atoms with Crippen molar-refractivity contribution in [1.82, 2.24) is 20.0 Å². The molecule has 0 radical (unpaired) electrons. The highest BCUT2D eigenvalue weighted by molar-refractivity contribution is 5.84. The van der Waals surface area contributed by atoms with Gasteiger partial charge in [-0.3, -0.25) is 9.69 Å². The van der Waals surface area contributed by atoms with Gasteiger partial charge in [-0.2, -0.15) is 0 Å². The van der Waals surface area contributed by atoms with Gasteiger partial charge in [0.05, 0.1) is 26.0 Å². The number of carbonyl (C=O) groups is 2. The number of amides is 3. The van der Waals surface area contributed by atoms with Gasteiger partial charge < -0.3 is 33.7 Å². The van der Waals surface area contributed by atoms with Crippen LogP contribution >= 0.6 is 0 Å². The van der Waals surface area contributed by atoms with E-state index in [0.29, 0.717) is 56.7 Å². The van der Waals surface area contributed by atoms with Gasteiger partial charge >= 0.3 is 6.03 Å². The number of hydrogen-bond donors (Lipinski definition) is 1. The molecule has 1 saturated heterocycles. The van der Waals surface area contributed by atoms with Gasteiger partial charge in [-0.25, -0.2) is 4.79 Å². The fourth-order valence-electron chi connectivity index (χ4n) is 4.57. The molecule has 3 aromatic rings. The fourth-order valence-corrected chi connectivity index (χ4v) is 4.57. The Bertz CT molecular complexity index is 1210. The van der Waals surface area contributed by atoms with Gasteiger partial charge in [0.2, 0.25) is 12.7 Å². The number of hydrogen-bond acceptors (Lipinski definition) is 7. The summed E-state index contributed by atoms with van der Waals surface area (Å²) in [5.74, 6) is 1.83. The van der Waals surface area contributed by atoms with Crippen LogP contribution in [0.1, 0.15) is 16.9 Å². The highest BCUT2D eigenvalue weighted by Crippen LogP contribution is 2.33. The molecule has 0 spiro atoms. The van der Waals surface area contributed by atoms with E-state index in [9.17, 15) is 9.59 Å². The first-order valence-electron chi connectivity index (χ1n) is 13.2. The molecule has 3 amide bonds. The van der Waals surface area contributed by atoms with E-state index in [4.69, 9.17) is 18.6 Å². The summed E-state index contributed by atoms with van der Waals surface area (Å²) in [5.41, 5.74) is 1.89. The fraction of sp³-hybridized carbons (Fsp3) is 0.379. The Hall–Kier alpha value is -4.02. The molecular formula is C29H34N4O6. The van der Waals surface area contributed by atoms with Crippen LogP contribution in [-0.2, 0) is 29.2 Å². The lowest BCUT2D eigenvalue weighted by Gasteiger charge is -2.31. The lowest BCUT2D eigenvalue weighted by atomic mass is 10.2. The third-order valence-electron chi connectivity index (χ3n) is 6.78. The van der Waals surface area contributed by atoms with Gasteiger partial charge in [0.25, 0.3) is 0 Å². The molecule has 0 aliphatic carbocycles. The minimum Gasteiger partial charge on any atom is -0.467 e.